The first-order chi connectivity index (χ1) is 13.9. The van der Waals surface area contributed by atoms with Gasteiger partial charge in [0.25, 0.3) is 0 Å². The van der Waals surface area contributed by atoms with Gasteiger partial charge in [-0.1, -0.05) is 18.2 Å². The van der Waals surface area contributed by atoms with E-state index in [1.807, 2.05) is 19.9 Å². The third-order valence-corrected chi connectivity index (χ3v) is 5.26. The number of hydrogen-bond acceptors (Lipinski definition) is 5. The first kappa shape index (κ1) is 17.4. The third kappa shape index (κ3) is 2.67. The van der Waals surface area contributed by atoms with Crippen molar-refractivity contribution in [2.75, 3.05) is 5.32 Å². The lowest BCUT2D eigenvalue weighted by molar-refractivity contribution is -0.119. The minimum Gasteiger partial charge on any atom is -0.310 e. The second-order valence-electron chi connectivity index (χ2n) is 7.50. The van der Waals surface area contributed by atoms with Crippen molar-refractivity contribution in [1.29, 1.82) is 0 Å². The topological polar surface area (TPSA) is 85.1 Å². The number of nitrogens with zero attached hydrogens (tertiary/aromatic N) is 5. The monoisotopic (exact) mass is 388 g/mol. The lowest BCUT2D eigenvalue weighted by atomic mass is 9.88. The normalized spacial score (nSPS) is 14.8. The number of aromatic nitrogens is 5. The van der Waals surface area contributed by atoms with Gasteiger partial charge in [0.15, 0.2) is 5.82 Å². The molecule has 0 spiro atoms. The van der Waals surface area contributed by atoms with E-state index in [1.165, 1.54) is 6.07 Å². The fourth-order valence-electron chi connectivity index (χ4n) is 3.52. The molecule has 5 rings (SSSR count). The van der Waals surface area contributed by atoms with E-state index in [1.54, 1.807) is 41.2 Å². The molecule has 0 saturated carbocycles. The smallest absolute Gasteiger partial charge is 0.235 e. The minimum atomic E-state index is -0.679. The van der Waals surface area contributed by atoms with Gasteiger partial charge in [-0.05, 0) is 37.6 Å². The van der Waals surface area contributed by atoms with Crippen molar-refractivity contribution in [2.24, 2.45) is 0 Å². The molecule has 0 atom stereocenters. The molecule has 1 aliphatic rings. The first-order valence-corrected chi connectivity index (χ1v) is 9.20. The van der Waals surface area contributed by atoms with E-state index >= 15 is 0 Å². The van der Waals surface area contributed by atoms with Crippen molar-refractivity contribution in [1.82, 2.24) is 24.6 Å². The Morgan fingerprint density at radius 3 is 2.79 bits per heavy atom. The number of benzene rings is 1. The van der Waals surface area contributed by atoms with E-state index < -0.39 is 5.41 Å². The van der Waals surface area contributed by atoms with Gasteiger partial charge in [-0.15, -0.1) is 0 Å². The van der Waals surface area contributed by atoms with Crippen molar-refractivity contribution in [3.05, 3.63) is 71.6 Å². The van der Waals surface area contributed by atoms with Gasteiger partial charge >= 0.3 is 0 Å². The SMILES string of the molecule is CC1(C)C(=O)Nc2nc(-c3nc(Cc4ccccc4F)n4ncccc34)ncc21. The third-order valence-electron chi connectivity index (χ3n) is 5.26. The Kier molecular flexibility index (Phi) is 3.70. The van der Waals surface area contributed by atoms with Crippen LogP contribution in [-0.2, 0) is 16.6 Å². The summed E-state index contributed by atoms with van der Waals surface area (Å²) >= 11 is 0. The van der Waals surface area contributed by atoms with Crippen LogP contribution in [0.2, 0.25) is 0 Å². The van der Waals surface area contributed by atoms with Crippen molar-refractivity contribution in [3.63, 3.8) is 0 Å². The zero-order valence-corrected chi connectivity index (χ0v) is 15.8. The average Bonchev–Trinajstić information content (AvgIpc) is 3.18. The number of carbonyl (C=O) groups is 1. The number of nitrogens with one attached hydrogen (secondary N) is 1. The number of fused-ring (bicyclic) bond motifs is 2. The highest BCUT2D eigenvalue weighted by Gasteiger charge is 2.40. The first-order valence-electron chi connectivity index (χ1n) is 9.20. The maximum Gasteiger partial charge on any atom is 0.235 e. The molecule has 4 aromatic rings. The second-order valence-corrected chi connectivity index (χ2v) is 7.50. The van der Waals surface area contributed by atoms with E-state index in [2.05, 4.69) is 25.4 Å². The molecule has 29 heavy (non-hydrogen) atoms. The summed E-state index contributed by atoms with van der Waals surface area (Å²) in [6.45, 7) is 3.67. The molecule has 0 bridgehead atoms. The molecule has 3 aromatic heterocycles. The molecule has 7 nitrogen and oxygen atoms in total. The van der Waals surface area contributed by atoms with Crippen LogP contribution in [0.3, 0.4) is 0 Å². The quantitative estimate of drug-likeness (QED) is 0.583. The van der Waals surface area contributed by atoms with Crippen LogP contribution in [0.25, 0.3) is 17.0 Å². The van der Waals surface area contributed by atoms with E-state index in [0.717, 1.165) is 5.56 Å². The van der Waals surface area contributed by atoms with Gasteiger partial charge in [-0.3, -0.25) is 4.79 Å². The summed E-state index contributed by atoms with van der Waals surface area (Å²) in [7, 11) is 0. The maximum absolute atomic E-state index is 14.1. The number of anilines is 1. The molecule has 4 heterocycles. The van der Waals surface area contributed by atoms with E-state index in [9.17, 15) is 9.18 Å². The summed E-state index contributed by atoms with van der Waals surface area (Å²) < 4.78 is 15.8. The Balaban J connectivity index is 1.63. The van der Waals surface area contributed by atoms with Gasteiger partial charge in [0.05, 0.1) is 10.9 Å². The molecular formula is C21H17FN6O. The van der Waals surface area contributed by atoms with Gasteiger partial charge in [-0.25, -0.2) is 23.9 Å². The van der Waals surface area contributed by atoms with E-state index in [-0.39, 0.29) is 18.1 Å². The number of carbonyl (C=O) groups excluding carboxylic acids is 1. The lowest BCUT2D eigenvalue weighted by Crippen LogP contribution is -2.26. The highest BCUT2D eigenvalue weighted by Crippen LogP contribution is 2.36. The summed E-state index contributed by atoms with van der Waals surface area (Å²) in [6, 6.07) is 10.2. The highest BCUT2D eigenvalue weighted by atomic mass is 19.1. The second kappa shape index (κ2) is 6.16. The minimum absolute atomic E-state index is 0.115. The van der Waals surface area contributed by atoms with Gasteiger partial charge < -0.3 is 5.32 Å². The van der Waals surface area contributed by atoms with Crippen LogP contribution < -0.4 is 5.32 Å². The van der Waals surface area contributed by atoms with Crippen LogP contribution in [0, 0.1) is 5.82 Å². The van der Waals surface area contributed by atoms with E-state index in [0.29, 0.717) is 34.2 Å². The molecular weight excluding hydrogens is 371 g/mol. The molecule has 0 fully saturated rings. The largest absolute Gasteiger partial charge is 0.310 e. The van der Waals surface area contributed by atoms with Crippen LogP contribution in [0.15, 0.2) is 48.8 Å². The number of rotatable bonds is 3. The number of imidazole rings is 1. The molecule has 1 aromatic carbocycles. The van der Waals surface area contributed by atoms with Crippen LogP contribution in [-0.4, -0.2) is 30.5 Å². The van der Waals surface area contributed by atoms with Gasteiger partial charge in [0, 0.05) is 24.4 Å². The van der Waals surface area contributed by atoms with Crippen molar-refractivity contribution in [2.45, 2.75) is 25.7 Å². The van der Waals surface area contributed by atoms with Crippen LogP contribution in [0.1, 0.15) is 30.8 Å². The molecule has 144 valence electrons. The van der Waals surface area contributed by atoms with Crippen LogP contribution >= 0.6 is 0 Å². The molecule has 8 heteroatoms. The fraction of sp³-hybridized carbons (Fsp3) is 0.190. The molecule has 0 unspecified atom stereocenters. The van der Waals surface area contributed by atoms with Crippen molar-refractivity contribution >= 4 is 17.2 Å². The standard InChI is InChI=1S/C21H17FN6O/c1-21(2)13-11-23-19(26-18(13)27-20(21)29)17-15-8-5-9-24-28(15)16(25-17)10-12-6-3-4-7-14(12)22/h3-9,11H,10H2,1-2H3,(H,23,26,27,29). The molecule has 0 saturated heterocycles. The Morgan fingerprint density at radius 2 is 1.97 bits per heavy atom. The Labute approximate surface area is 165 Å². The predicted molar refractivity (Wildman–Crippen MR) is 105 cm³/mol. The van der Waals surface area contributed by atoms with E-state index in [4.69, 9.17) is 0 Å². The zero-order valence-electron chi connectivity index (χ0n) is 15.8. The van der Waals surface area contributed by atoms with Gasteiger partial charge in [0.1, 0.15) is 23.2 Å². The molecule has 0 aliphatic carbocycles. The summed E-state index contributed by atoms with van der Waals surface area (Å²) in [6.07, 6.45) is 3.59. The van der Waals surface area contributed by atoms with Crippen LogP contribution in [0.5, 0.6) is 0 Å². The zero-order chi connectivity index (χ0) is 20.2. The number of hydrogen-bond donors (Lipinski definition) is 1. The molecule has 1 amide bonds. The summed E-state index contributed by atoms with van der Waals surface area (Å²) in [4.78, 5) is 25.9. The summed E-state index contributed by atoms with van der Waals surface area (Å²) in [5.41, 5.74) is 1.84. The highest BCUT2D eigenvalue weighted by molar-refractivity contribution is 6.04. The van der Waals surface area contributed by atoms with Gasteiger partial charge in [-0.2, -0.15) is 5.10 Å². The average molecular weight is 388 g/mol. The fourth-order valence-corrected chi connectivity index (χ4v) is 3.52. The van der Waals surface area contributed by atoms with Crippen molar-refractivity contribution < 1.29 is 9.18 Å². The Hall–Kier alpha value is -3.68. The number of amides is 1. The number of halogens is 1. The maximum atomic E-state index is 14.1. The molecule has 1 N–H and O–H groups in total. The van der Waals surface area contributed by atoms with Crippen molar-refractivity contribution in [3.8, 4) is 11.5 Å². The lowest BCUT2D eigenvalue weighted by Gasteiger charge is -2.13. The molecule has 0 radical (unpaired) electrons. The van der Waals surface area contributed by atoms with Gasteiger partial charge in [0.2, 0.25) is 5.91 Å². The predicted octanol–water partition coefficient (Wildman–Crippen LogP) is 3.15. The molecule has 1 aliphatic heterocycles. The summed E-state index contributed by atoms with van der Waals surface area (Å²) in [5.74, 6) is 1.04. The Bertz CT molecular complexity index is 1280. The Morgan fingerprint density at radius 1 is 1.14 bits per heavy atom. The van der Waals surface area contributed by atoms with Crippen LogP contribution in [0.4, 0.5) is 10.2 Å². The summed E-state index contributed by atoms with van der Waals surface area (Å²) in [5, 5.41) is 7.18.